The van der Waals surface area contributed by atoms with E-state index in [1.807, 2.05) is 41.5 Å². The van der Waals surface area contributed by atoms with Gasteiger partial charge in [-0.3, -0.25) is 0 Å². The fourth-order valence-electron chi connectivity index (χ4n) is 1.93. The Balaban J connectivity index is 2.57. The molecule has 1 amide bonds. The van der Waals surface area contributed by atoms with Crippen molar-refractivity contribution in [3.63, 3.8) is 0 Å². The van der Waals surface area contributed by atoms with Gasteiger partial charge in [0, 0.05) is 12.6 Å². The van der Waals surface area contributed by atoms with Gasteiger partial charge in [-0.2, -0.15) is 0 Å². The van der Waals surface area contributed by atoms with E-state index < -0.39 is 23.1 Å². The zero-order valence-electron chi connectivity index (χ0n) is 14.6. The van der Waals surface area contributed by atoms with Crippen molar-refractivity contribution in [3.8, 4) is 0 Å². The molecule has 1 aromatic rings. The lowest BCUT2D eigenvalue weighted by atomic mass is 10.0. The number of benzene rings is 1. The third-order valence-electron chi connectivity index (χ3n) is 3.13. The van der Waals surface area contributed by atoms with Gasteiger partial charge in [0.2, 0.25) is 0 Å². The van der Waals surface area contributed by atoms with Crippen molar-refractivity contribution in [2.24, 2.45) is 0 Å². The normalized spacial score (nSPS) is 13.6. The van der Waals surface area contributed by atoms with Crippen molar-refractivity contribution in [1.29, 1.82) is 0 Å². The number of rotatable bonds is 5. The third kappa shape index (κ3) is 7.18. The van der Waals surface area contributed by atoms with Crippen molar-refractivity contribution in [2.75, 3.05) is 6.54 Å². The summed E-state index contributed by atoms with van der Waals surface area (Å²) >= 11 is 5.69. The summed E-state index contributed by atoms with van der Waals surface area (Å²) in [7, 11) is 0. The van der Waals surface area contributed by atoms with E-state index in [1.165, 1.54) is 12.1 Å². The number of carbonyl (C=O) groups is 1. The maximum atomic E-state index is 13.5. The molecule has 0 aliphatic carbocycles. The van der Waals surface area contributed by atoms with Gasteiger partial charge in [0.15, 0.2) is 0 Å². The van der Waals surface area contributed by atoms with Crippen LogP contribution in [0, 0.1) is 5.82 Å². The zero-order valence-corrected chi connectivity index (χ0v) is 15.3. The van der Waals surface area contributed by atoms with E-state index in [4.69, 9.17) is 16.3 Å². The highest BCUT2D eigenvalue weighted by Crippen LogP contribution is 2.20. The van der Waals surface area contributed by atoms with E-state index in [2.05, 4.69) is 10.6 Å². The average Bonchev–Trinajstić information content (AvgIpc) is 2.36. The van der Waals surface area contributed by atoms with Crippen LogP contribution in [0.15, 0.2) is 18.2 Å². The van der Waals surface area contributed by atoms with Gasteiger partial charge >= 0.3 is 6.09 Å². The Morgan fingerprint density at radius 2 is 1.91 bits per heavy atom. The van der Waals surface area contributed by atoms with Crippen molar-refractivity contribution < 1.29 is 13.9 Å². The first-order valence-corrected chi connectivity index (χ1v) is 7.97. The van der Waals surface area contributed by atoms with Crippen LogP contribution in [0.5, 0.6) is 0 Å². The molecular formula is C17H26ClFN2O2. The monoisotopic (exact) mass is 344 g/mol. The molecule has 0 heterocycles. The van der Waals surface area contributed by atoms with Crippen LogP contribution in [0.4, 0.5) is 9.18 Å². The Morgan fingerprint density at radius 3 is 2.43 bits per heavy atom. The minimum atomic E-state index is -0.540. The second-order valence-corrected chi connectivity index (χ2v) is 7.69. The first-order chi connectivity index (χ1) is 10.4. The molecule has 0 aliphatic rings. The van der Waals surface area contributed by atoms with Crippen LogP contribution < -0.4 is 10.6 Å². The minimum Gasteiger partial charge on any atom is -0.444 e. The highest BCUT2D eigenvalue weighted by Gasteiger charge is 2.25. The number of ether oxygens (including phenoxy) is 1. The molecule has 130 valence electrons. The van der Waals surface area contributed by atoms with Gasteiger partial charge in [0.25, 0.3) is 0 Å². The second kappa shape index (κ2) is 7.49. The highest BCUT2D eigenvalue weighted by atomic mass is 35.5. The summed E-state index contributed by atoms with van der Waals surface area (Å²) in [5.74, 6) is -0.441. The molecule has 1 aromatic carbocycles. The first-order valence-electron chi connectivity index (χ1n) is 7.59. The Hall–Kier alpha value is -1.33. The molecule has 1 atom stereocenters. The highest BCUT2D eigenvalue weighted by molar-refractivity contribution is 6.30. The first kappa shape index (κ1) is 19.7. The van der Waals surface area contributed by atoms with E-state index in [9.17, 15) is 9.18 Å². The van der Waals surface area contributed by atoms with Crippen molar-refractivity contribution in [1.82, 2.24) is 10.6 Å². The molecule has 0 fully saturated rings. The Labute approximate surface area is 142 Å². The molecule has 0 spiro atoms. The zero-order chi connectivity index (χ0) is 17.8. The fraction of sp³-hybridized carbons (Fsp3) is 0.588. The Morgan fingerprint density at radius 1 is 1.30 bits per heavy atom. The standard InChI is InChI=1S/C17H26ClFN2O2/c1-11(12-7-8-13(18)14(19)9-12)20-10-17(5,6)21-15(22)23-16(2,3)4/h7-9,11,20H,10H2,1-6H3,(H,21,22). The van der Waals surface area contributed by atoms with Gasteiger partial charge in [-0.05, 0) is 59.2 Å². The van der Waals surface area contributed by atoms with Gasteiger partial charge in [-0.1, -0.05) is 17.7 Å². The molecule has 0 saturated carbocycles. The van der Waals surface area contributed by atoms with Crippen LogP contribution in [0.1, 0.15) is 53.1 Å². The molecule has 0 radical (unpaired) electrons. The number of halogens is 2. The van der Waals surface area contributed by atoms with E-state index in [1.54, 1.807) is 6.07 Å². The van der Waals surface area contributed by atoms with E-state index >= 15 is 0 Å². The summed E-state index contributed by atoms with van der Waals surface area (Å²) in [5, 5.41) is 6.20. The van der Waals surface area contributed by atoms with Gasteiger partial charge in [0.05, 0.1) is 10.6 Å². The Kier molecular flexibility index (Phi) is 6.42. The van der Waals surface area contributed by atoms with Crippen molar-refractivity contribution in [3.05, 3.63) is 34.6 Å². The molecule has 1 unspecified atom stereocenters. The minimum absolute atomic E-state index is 0.0820. The largest absolute Gasteiger partial charge is 0.444 e. The van der Waals surface area contributed by atoms with Crippen molar-refractivity contribution in [2.45, 2.75) is 58.7 Å². The molecule has 0 aliphatic heterocycles. The van der Waals surface area contributed by atoms with E-state index in [0.29, 0.717) is 6.54 Å². The molecule has 0 saturated heterocycles. The molecule has 6 heteroatoms. The summed E-state index contributed by atoms with van der Waals surface area (Å²) in [5.41, 5.74) is -0.261. The number of hydrogen-bond donors (Lipinski definition) is 2. The maximum Gasteiger partial charge on any atom is 0.408 e. The lowest BCUT2D eigenvalue weighted by Crippen LogP contribution is -2.51. The lowest BCUT2D eigenvalue weighted by Gasteiger charge is -2.30. The molecule has 23 heavy (non-hydrogen) atoms. The predicted octanol–water partition coefficient (Wildman–Crippen LogP) is 4.43. The quantitative estimate of drug-likeness (QED) is 0.830. The lowest BCUT2D eigenvalue weighted by molar-refractivity contribution is 0.0471. The molecule has 4 nitrogen and oxygen atoms in total. The predicted molar refractivity (Wildman–Crippen MR) is 91.3 cm³/mol. The van der Waals surface area contributed by atoms with E-state index in [0.717, 1.165) is 5.56 Å². The topological polar surface area (TPSA) is 50.4 Å². The maximum absolute atomic E-state index is 13.5. The SMILES string of the molecule is CC(NCC(C)(C)NC(=O)OC(C)(C)C)c1ccc(Cl)c(F)c1. The van der Waals surface area contributed by atoms with Gasteiger partial charge < -0.3 is 15.4 Å². The number of hydrogen-bond acceptors (Lipinski definition) is 3. The number of alkyl carbamates (subject to hydrolysis) is 1. The number of carbonyl (C=O) groups excluding carboxylic acids is 1. The van der Waals surface area contributed by atoms with Gasteiger partial charge in [-0.25, -0.2) is 9.18 Å². The van der Waals surface area contributed by atoms with E-state index in [-0.39, 0.29) is 11.1 Å². The fourth-order valence-corrected chi connectivity index (χ4v) is 2.05. The summed E-state index contributed by atoms with van der Waals surface area (Å²) < 4.78 is 18.8. The summed E-state index contributed by atoms with van der Waals surface area (Å²) in [6.07, 6.45) is -0.463. The number of amides is 1. The van der Waals surface area contributed by atoms with Crippen molar-refractivity contribution >= 4 is 17.7 Å². The van der Waals surface area contributed by atoms with Crippen LogP contribution in [0.3, 0.4) is 0 Å². The molecule has 0 aromatic heterocycles. The Bertz CT molecular complexity index is 556. The average molecular weight is 345 g/mol. The summed E-state index contributed by atoms with van der Waals surface area (Å²) in [6, 6.07) is 4.64. The van der Waals surface area contributed by atoms with Crippen LogP contribution in [-0.4, -0.2) is 23.8 Å². The van der Waals surface area contributed by atoms with Crippen LogP contribution >= 0.6 is 11.6 Å². The number of nitrogens with one attached hydrogen (secondary N) is 2. The van der Waals surface area contributed by atoms with Gasteiger partial charge in [0.1, 0.15) is 11.4 Å². The second-order valence-electron chi connectivity index (χ2n) is 7.29. The summed E-state index contributed by atoms with van der Waals surface area (Å²) in [4.78, 5) is 11.8. The van der Waals surface area contributed by atoms with Crippen LogP contribution in [-0.2, 0) is 4.74 Å². The van der Waals surface area contributed by atoms with Crippen LogP contribution in [0.2, 0.25) is 5.02 Å². The third-order valence-corrected chi connectivity index (χ3v) is 3.44. The molecular weight excluding hydrogens is 319 g/mol. The smallest absolute Gasteiger partial charge is 0.408 e. The van der Waals surface area contributed by atoms with Gasteiger partial charge in [-0.15, -0.1) is 0 Å². The van der Waals surface area contributed by atoms with Crippen LogP contribution in [0.25, 0.3) is 0 Å². The summed E-state index contributed by atoms with van der Waals surface area (Å²) in [6.45, 7) is 11.6. The molecule has 1 rings (SSSR count). The molecule has 0 bridgehead atoms. The molecule has 2 N–H and O–H groups in total.